The molecule has 0 spiro atoms. The molecule has 1 aliphatic heterocycles. The number of nitrogens with zero attached hydrogens (tertiary/aromatic N) is 3. The van der Waals surface area contributed by atoms with Gasteiger partial charge in [0.25, 0.3) is 0 Å². The number of aromatic nitrogens is 1. The van der Waals surface area contributed by atoms with Gasteiger partial charge in [0, 0.05) is 25.3 Å². The van der Waals surface area contributed by atoms with Gasteiger partial charge in [0.15, 0.2) is 0 Å². The van der Waals surface area contributed by atoms with Gasteiger partial charge in [-0.15, -0.1) is 0 Å². The number of hydrogen-bond acceptors (Lipinski definition) is 6. The predicted molar refractivity (Wildman–Crippen MR) is 63.1 cm³/mol. The molecule has 1 N–H and O–H groups in total. The fourth-order valence-corrected chi connectivity index (χ4v) is 1.81. The number of rotatable bonds is 3. The number of nitrogens with one attached hydrogen (secondary N) is 1. The van der Waals surface area contributed by atoms with Gasteiger partial charge < -0.3 is 10.1 Å². The van der Waals surface area contributed by atoms with Crippen LogP contribution in [0.3, 0.4) is 0 Å². The van der Waals surface area contributed by atoms with Crippen LogP contribution in [0.1, 0.15) is 18.5 Å². The van der Waals surface area contributed by atoms with Crippen molar-refractivity contribution in [1.82, 2.24) is 4.98 Å². The summed E-state index contributed by atoms with van der Waals surface area (Å²) in [6, 6.07) is 4.79. The second-order valence-corrected chi connectivity index (χ2v) is 3.96. The molecule has 0 aliphatic carbocycles. The van der Waals surface area contributed by atoms with E-state index in [1.165, 1.54) is 12.1 Å². The lowest BCUT2D eigenvalue weighted by Gasteiger charge is -2.23. The molecule has 0 bridgehead atoms. The first-order valence-corrected chi connectivity index (χ1v) is 5.60. The van der Waals surface area contributed by atoms with Crippen LogP contribution in [0.5, 0.6) is 0 Å². The molecule has 0 saturated carbocycles. The zero-order valence-electron chi connectivity index (χ0n) is 9.63. The Morgan fingerprint density at radius 1 is 1.50 bits per heavy atom. The average Bonchev–Trinajstić information content (AvgIpc) is 2.39. The number of ether oxygens (including phenoxy) is 1. The molecule has 7 nitrogen and oxygen atoms in total. The first kappa shape index (κ1) is 12.3. The van der Waals surface area contributed by atoms with E-state index in [2.05, 4.69) is 10.3 Å². The summed E-state index contributed by atoms with van der Waals surface area (Å²) >= 11 is 0. The van der Waals surface area contributed by atoms with Gasteiger partial charge >= 0.3 is 5.69 Å². The summed E-state index contributed by atoms with van der Waals surface area (Å²) in [6.07, 6.45) is 1.72. The van der Waals surface area contributed by atoms with E-state index in [9.17, 15) is 10.1 Å². The summed E-state index contributed by atoms with van der Waals surface area (Å²) in [7, 11) is 0. The van der Waals surface area contributed by atoms with Crippen LogP contribution in [0.2, 0.25) is 0 Å². The molecular formula is C11H12N4O3. The summed E-state index contributed by atoms with van der Waals surface area (Å²) in [6.45, 7) is 1.38. The Hall–Kier alpha value is -2.20. The number of pyridine rings is 1. The molecule has 0 amide bonds. The fraction of sp³-hybridized carbons (Fsp3) is 0.455. The molecule has 2 rings (SSSR count). The lowest BCUT2D eigenvalue weighted by Crippen LogP contribution is -2.28. The Balaban J connectivity index is 2.14. The van der Waals surface area contributed by atoms with Crippen LogP contribution in [0.4, 0.5) is 11.5 Å². The summed E-state index contributed by atoms with van der Waals surface area (Å²) in [5, 5.41) is 22.6. The lowest BCUT2D eigenvalue weighted by molar-refractivity contribution is -0.385. The zero-order chi connectivity index (χ0) is 13.0. The Morgan fingerprint density at radius 2 is 2.22 bits per heavy atom. The molecule has 7 heteroatoms. The smallest absolute Gasteiger partial charge is 0.305 e. The highest BCUT2D eigenvalue weighted by atomic mass is 16.6. The highest BCUT2D eigenvalue weighted by Crippen LogP contribution is 2.20. The minimum Gasteiger partial charge on any atom is -0.381 e. The van der Waals surface area contributed by atoms with E-state index < -0.39 is 4.92 Å². The Morgan fingerprint density at radius 3 is 2.83 bits per heavy atom. The first-order valence-electron chi connectivity index (χ1n) is 5.60. The largest absolute Gasteiger partial charge is 0.381 e. The van der Waals surface area contributed by atoms with Crippen molar-refractivity contribution in [3.8, 4) is 6.07 Å². The second kappa shape index (κ2) is 5.42. The molecule has 1 aromatic heterocycles. The predicted octanol–water partition coefficient (Wildman–Crippen LogP) is 1.45. The van der Waals surface area contributed by atoms with Crippen LogP contribution in [0.15, 0.2) is 12.1 Å². The maximum atomic E-state index is 10.7. The third kappa shape index (κ3) is 2.73. The second-order valence-electron chi connectivity index (χ2n) is 3.96. The molecule has 94 valence electrons. The van der Waals surface area contributed by atoms with Gasteiger partial charge in [0.05, 0.1) is 4.92 Å². The molecule has 0 aromatic carbocycles. The SMILES string of the molecule is N#Cc1nc(NC2CCOCC2)ccc1[N+](=O)[O-]. The van der Waals surface area contributed by atoms with Crippen LogP contribution >= 0.6 is 0 Å². The van der Waals surface area contributed by atoms with E-state index >= 15 is 0 Å². The van der Waals surface area contributed by atoms with E-state index in [4.69, 9.17) is 10.00 Å². The molecule has 18 heavy (non-hydrogen) atoms. The van der Waals surface area contributed by atoms with Crippen LogP contribution in [-0.4, -0.2) is 29.2 Å². The molecule has 1 aliphatic rings. The summed E-state index contributed by atoms with van der Waals surface area (Å²) in [5.41, 5.74) is -0.438. The third-order valence-electron chi connectivity index (χ3n) is 2.75. The van der Waals surface area contributed by atoms with E-state index in [1.54, 1.807) is 6.07 Å². The van der Waals surface area contributed by atoms with Crippen molar-refractivity contribution < 1.29 is 9.66 Å². The van der Waals surface area contributed by atoms with Gasteiger partial charge in [-0.1, -0.05) is 0 Å². The highest BCUT2D eigenvalue weighted by molar-refractivity contribution is 5.50. The maximum absolute atomic E-state index is 10.7. The maximum Gasteiger partial charge on any atom is 0.305 e. The molecule has 1 aromatic rings. The standard InChI is InChI=1S/C11H12N4O3/c12-7-9-10(15(16)17)1-2-11(14-9)13-8-3-5-18-6-4-8/h1-2,8H,3-6H2,(H,13,14). The molecule has 0 radical (unpaired) electrons. The van der Waals surface area contributed by atoms with E-state index in [0.29, 0.717) is 19.0 Å². The van der Waals surface area contributed by atoms with E-state index in [0.717, 1.165) is 12.8 Å². The zero-order valence-corrected chi connectivity index (χ0v) is 9.63. The van der Waals surface area contributed by atoms with Gasteiger partial charge in [-0.25, -0.2) is 4.98 Å². The molecule has 0 unspecified atom stereocenters. The van der Waals surface area contributed by atoms with E-state index in [-0.39, 0.29) is 17.4 Å². The van der Waals surface area contributed by atoms with Crippen molar-refractivity contribution in [3.63, 3.8) is 0 Å². The van der Waals surface area contributed by atoms with Gasteiger partial charge in [-0.05, 0) is 18.9 Å². The summed E-state index contributed by atoms with van der Waals surface area (Å²) < 4.78 is 5.23. The Kier molecular flexibility index (Phi) is 3.69. The van der Waals surface area contributed by atoms with Crippen LogP contribution in [0, 0.1) is 21.4 Å². The van der Waals surface area contributed by atoms with Crippen molar-refractivity contribution >= 4 is 11.5 Å². The molecule has 1 saturated heterocycles. The molecule has 0 atom stereocenters. The summed E-state index contributed by atoms with van der Waals surface area (Å²) in [4.78, 5) is 14.0. The monoisotopic (exact) mass is 248 g/mol. The number of nitriles is 1. The summed E-state index contributed by atoms with van der Waals surface area (Å²) in [5.74, 6) is 0.490. The van der Waals surface area contributed by atoms with Gasteiger partial charge in [-0.3, -0.25) is 10.1 Å². The number of anilines is 1. The van der Waals surface area contributed by atoms with Gasteiger partial charge in [0.2, 0.25) is 5.69 Å². The molecular weight excluding hydrogens is 236 g/mol. The number of nitro groups is 1. The topological polar surface area (TPSA) is 101 Å². The number of hydrogen-bond donors (Lipinski definition) is 1. The van der Waals surface area contributed by atoms with Crippen LogP contribution in [-0.2, 0) is 4.74 Å². The van der Waals surface area contributed by atoms with Crippen molar-refractivity contribution in [3.05, 3.63) is 27.9 Å². The Bertz CT molecular complexity index is 492. The molecule has 1 fully saturated rings. The Labute approximate surface area is 104 Å². The quantitative estimate of drug-likeness (QED) is 0.641. The van der Waals surface area contributed by atoms with Crippen molar-refractivity contribution in [2.45, 2.75) is 18.9 Å². The van der Waals surface area contributed by atoms with E-state index in [1.807, 2.05) is 0 Å². The average molecular weight is 248 g/mol. The van der Waals surface area contributed by atoms with Crippen molar-refractivity contribution in [2.75, 3.05) is 18.5 Å². The van der Waals surface area contributed by atoms with Crippen LogP contribution in [0.25, 0.3) is 0 Å². The fourth-order valence-electron chi connectivity index (χ4n) is 1.81. The van der Waals surface area contributed by atoms with Gasteiger partial charge in [0.1, 0.15) is 11.9 Å². The highest BCUT2D eigenvalue weighted by Gasteiger charge is 2.18. The minimum absolute atomic E-state index is 0.169. The lowest BCUT2D eigenvalue weighted by atomic mass is 10.1. The first-order chi connectivity index (χ1) is 8.70. The minimum atomic E-state index is -0.607. The van der Waals surface area contributed by atoms with Gasteiger partial charge in [-0.2, -0.15) is 5.26 Å². The van der Waals surface area contributed by atoms with Crippen molar-refractivity contribution in [2.24, 2.45) is 0 Å². The van der Waals surface area contributed by atoms with Crippen LogP contribution < -0.4 is 5.32 Å². The normalized spacial score (nSPS) is 15.9. The molecule has 2 heterocycles. The van der Waals surface area contributed by atoms with Crippen molar-refractivity contribution in [1.29, 1.82) is 5.26 Å². The third-order valence-corrected chi connectivity index (χ3v) is 2.75.